The first kappa shape index (κ1) is 25.0. The van der Waals surface area contributed by atoms with Crippen LogP contribution in [0.15, 0.2) is 24.3 Å². The van der Waals surface area contributed by atoms with Gasteiger partial charge >= 0.3 is 0 Å². The van der Waals surface area contributed by atoms with Crippen molar-refractivity contribution in [3.63, 3.8) is 0 Å². The summed E-state index contributed by atoms with van der Waals surface area (Å²) >= 11 is 0. The van der Waals surface area contributed by atoms with E-state index < -0.39 is 5.79 Å². The van der Waals surface area contributed by atoms with Crippen LogP contribution in [-0.2, 0) is 19.3 Å². The van der Waals surface area contributed by atoms with Crippen molar-refractivity contribution in [2.75, 3.05) is 26.8 Å². The van der Waals surface area contributed by atoms with E-state index in [4.69, 9.17) is 25.0 Å². The van der Waals surface area contributed by atoms with E-state index in [0.717, 1.165) is 49.7 Å². The molecule has 194 valence electrons. The Balaban J connectivity index is 1.04. The van der Waals surface area contributed by atoms with Gasteiger partial charge in [0.1, 0.15) is 5.75 Å². The van der Waals surface area contributed by atoms with Crippen LogP contribution in [0.3, 0.4) is 0 Å². The summed E-state index contributed by atoms with van der Waals surface area (Å²) < 4.78 is 11.9. The van der Waals surface area contributed by atoms with E-state index in [1.807, 2.05) is 19.2 Å². The van der Waals surface area contributed by atoms with Crippen LogP contribution < -0.4 is 15.8 Å². The summed E-state index contributed by atoms with van der Waals surface area (Å²) in [6.07, 6.45) is 11.5. The largest absolute Gasteiger partial charge is 0.494 e. The third kappa shape index (κ3) is 5.53. The smallest absolute Gasteiger partial charge is 0.233 e. The first-order valence-corrected chi connectivity index (χ1v) is 13.7. The molecule has 35 heavy (non-hydrogen) atoms. The molecule has 6 rings (SSSR count). The zero-order chi connectivity index (χ0) is 24.3. The van der Waals surface area contributed by atoms with Crippen LogP contribution in [-0.4, -0.2) is 44.6 Å². The molecule has 0 saturated heterocycles. The van der Waals surface area contributed by atoms with Gasteiger partial charge in [-0.15, -0.1) is 0 Å². The van der Waals surface area contributed by atoms with Crippen LogP contribution in [0.2, 0.25) is 0 Å². The summed E-state index contributed by atoms with van der Waals surface area (Å²) in [5.41, 5.74) is 6.64. The molecule has 0 spiro atoms. The molecule has 1 aromatic carbocycles. The van der Waals surface area contributed by atoms with Crippen molar-refractivity contribution in [3.8, 4) is 5.75 Å². The number of nitrogens with two attached hydrogens (primary N) is 1. The SMILES string of the molecule is COC1(OOC2CCC(c3ccc(OCCCNC(=O)CN)cc3)CC2)C2CC3CC(C2)CC1C3. The van der Waals surface area contributed by atoms with Crippen molar-refractivity contribution < 1.29 is 24.0 Å². The molecule has 1 amide bonds. The second kappa shape index (κ2) is 11.2. The molecule has 0 aromatic heterocycles. The molecule has 5 saturated carbocycles. The van der Waals surface area contributed by atoms with E-state index in [1.165, 1.54) is 37.7 Å². The Morgan fingerprint density at radius 3 is 2.26 bits per heavy atom. The quantitative estimate of drug-likeness (QED) is 0.210. The molecule has 5 aliphatic carbocycles. The molecular formula is C28H42N2O5. The van der Waals surface area contributed by atoms with E-state index in [1.54, 1.807) is 0 Å². The summed E-state index contributed by atoms with van der Waals surface area (Å²) in [7, 11) is 1.82. The van der Waals surface area contributed by atoms with Gasteiger partial charge in [0.15, 0.2) is 0 Å². The van der Waals surface area contributed by atoms with Crippen molar-refractivity contribution in [2.45, 2.75) is 82.0 Å². The Bertz CT molecular complexity index is 808. The topological polar surface area (TPSA) is 92.0 Å². The van der Waals surface area contributed by atoms with Crippen LogP contribution >= 0.6 is 0 Å². The highest BCUT2D eigenvalue weighted by Gasteiger charge is 2.60. The number of hydrogen-bond donors (Lipinski definition) is 2. The van der Waals surface area contributed by atoms with Gasteiger partial charge in [0.25, 0.3) is 0 Å². The number of amides is 1. The van der Waals surface area contributed by atoms with Gasteiger partial charge in [-0.05, 0) is 99.7 Å². The molecule has 0 atom stereocenters. The van der Waals surface area contributed by atoms with Gasteiger partial charge in [0, 0.05) is 25.5 Å². The predicted octanol–water partition coefficient (Wildman–Crippen LogP) is 4.30. The average molecular weight is 487 g/mol. The highest BCUT2D eigenvalue weighted by atomic mass is 17.2. The second-order valence-electron chi connectivity index (χ2n) is 11.2. The third-order valence-corrected chi connectivity index (χ3v) is 9.03. The van der Waals surface area contributed by atoms with Crippen molar-refractivity contribution in [1.82, 2.24) is 5.32 Å². The molecule has 0 radical (unpaired) electrons. The number of benzene rings is 1. The van der Waals surface area contributed by atoms with E-state index in [-0.39, 0.29) is 18.6 Å². The van der Waals surface area contributed by atoms with Crippen LogP contribution in [0, 0.1) is 23.7 Å². The summed E-state index contributed by atoms with van der Waals surface area (Å²) in [5, 5.41) is 2.75. The molecule has 4 bridgehead atoms. The fourth-order valence-corrected chi connectivity index (χ4v) is 7.38. The maximum absolute atomic E-state index is 11.1. The van der Waals surface area contributed by atoms with Crippen molar-refractivity contribution >= 4 is 5.91 Å². The standard InChI is InChI=1S/C28H42N2O5/c1-32-28(23-14-19-13-20(16-23)17-24(28)15-19)35-34-26-9-5-22(6-10-26)21-3-7-25(8-4-21)33-12-2-11-30-27(31)18-29/h3-4,7-8,19-20,22-24,26H,2,5-6,9-18,29H2,1H3,(H,30,31). The lowest BCUT2D eigenvalue weighted by Gasteiger charge is -2.58. The molecular weight excluding hydrogens is 444 g/mol. The number of hydrogen-bond acceptors (Lipinski definition) is 6. The number of carbonyl (C=O) groups is 1. The molecule has 1 aromatic rings. The number of nitrogens with one attached hydrogen (secondary N) is 1. The van der Waals surface area contributed by atoms with Gasteiger partial charge in [0.05, 0.1) is 19.3 Å². The lowest BCUT2D eigenvalue weighted by Crippen LogP contribution is -2.60. The van der Waals surface area contributed by atoms with Crippen LogP contribution in [0.4, 0.5) is 0 Å². The Morgan fingerprint density at radius 1 is 1.00 bits per heavy atom. The lowest BCUT2D eigenvalue weighted by atomic mass is 9.53. The Morgan fingerprint density at radius 2 is 1.66 bits per heavy atom. The molecule has 3 N–H and O–H groups in total. The zero-order valence-corrected chi connectivity index (χ0v) is 21.1. The van der Waals surface area contributed by atoms with Gasteiger partial charge in [-0.3, -0.25) is 4.79 Å². The molecule has 0 aliphatic heterocycles. The van der Waals surface area contributed by atoms with Crippen molar-refractivity contribution in [1.29, 1.82) is 0 Å². The second-order valence-corrected chi connectivity index (χ2v) is 11.2. The average Bonchev–Trinajstić information content (AvgIpc) is 2.89. The van der Waals surface area contributed by atoms with Gasteiger partial charge in [-0.1, -0.05) is 12.1 Å². The Hall–Kier alpha value is -1.67. The lowest BCUT2D eigenvalue weighted by molar-refractivity contribution is -0.485. The van der Waals surface area contributed by atoms with E-state index in [0.29, 0.717) is 30.9 Å². The molecule has 5 fully saturated rings. The fraction of sp³-hybridized carbons (Fsp3) is 0.750. The molecule has 0 heterocycles. The monoisotopic (exact) mass is 486 g/mol. The fourth-order valence-electron chi connectivity index (χ4n) is 7.38. The molecule has 7 heteroatoms. The number of ether oxygens (including phenoxy) is 2. The molecule has 5 aliphatic rings. The van der Waals surface area contributed by atoms with Gasteiger partial charge in [0.2, 0.25) is 11.7 Å². The normalized spacial score (nSPS) is 35.7. The summed E-state index contributed by atoms with van der Waals surface area (Å²) in [6.45, 7) is 1.18. The van der Waals surface area contributed by atoms with Crippen LogP contribution in [0.1, 0.15) is 75.7 Å². The summed E-state index contributed by atoms with van der Waals surface area (Å²) in [6, 6.07) is 8.47. The van der Waals surface area contributed by atoms with Crippen molar-refractivity contribution in [2.24, 2.45) is 29.4 Å². The Kier molecular flexibility index (Phi) is 7.97. The van der Waals surface area contributed by atoms with E-state index in [2.05, 4.69) is 17.4 Å². The number of methoxy groups -OCH3 is 1. The van der Waals surface area contributed by atoms with E-state index in [9.17, 15) is 4.79 Å². The summed E-state index contributed by atoms with van der Waals surface area (Å²) in [5.74, 6) is 3.50. The predicted molar refractivity (Wildman–Crippen MR) is 133 cm³/mol. The number of carbonyl (C=O) groups excluding carboxylic acids is 1. The highest BCUT2D eigenvalue weighted by molar-refractivity contribution is 5.77. The van der Waals surface area contributed by atoms with Gasteiger partial charge in [-0.2, -0.15) is 0 Å². The third-order valence-electron chi connectivity index (χ3n) is 9.03. The highest BCUT2D eigenvalue weighted by Crippen LogP contribution is 2.60. The van der Waals surface area contributed by atoms with Gasteiger partial charge in [-0.25, -0.2) is 9.78 Å². The summed E-state index contributed by atoms with van der Waals surface area (Å²) in [4.78, 5) is 23.5. The maximum Gasteiger partial charge on any atom is 0.233 e. The minimum Gasteiger partial charge on any atom is -0.494 e. The molecule has 0 unspecified atom stereocenters. The van der Waals surface area contributed by atoms with Crippen molar-refractivity contribution in [3.05, 3.63) is 29.8 Å². The van der Waals surface area contributed by atoms with Crippen LogP contribution in [0.5, 0.6) is 5.75 Å². The first-order valence-electron chi connectivity index (χ1n) is 13.7. The first-order chi connectivity index (χ1) is 17.1. The minimum atomic E-state index is -0.518. The van der Waals surface area contributed by atoms with E-state index >= 15 is 0 Å². The minimum absolute atomic E-state index is 0.0268. The van der Waals surface area contributed by atoms with Crippen LogP contribution in [0.25, 0.3) is 0 Å². The molecule has 7 nitrogen and oxygen atoms in total. The maximum atomic E-state index is 11.1. The zero-order valence-electron chi connectivity index (χ0n) is 21.1. The number of rotatable bonds is 11. The Labute approximate surface area is 209 Å². The van der Waals surface area contributed by atoms with Gasteiger partial charge < -0.3 is 20.5 Å².